The topological polar surface area (TPSA) is 8.17 Å². The lowest BCUT2D eigenvalue weighted by Crippen LogP contribution is -2.17. The Balaban J connectivity index is 0.947. The van der Waals surface area contributed by atoms with Crippen LogP contribution in [0.2, 0.25) is 0 Å². The third-order valence-corrected chi connectivity index (χ3v) is 15.2. The van der Waals surface area contributed by atoms with Gasteiger partial charge in [-0.05, 0) is 145 Å². The van der Waals surface area contributed by atoms with Gasteiger partial charge in [-0.3, -0.25) is 0 Å². The highest BCUT2D eigenvalue weighted by Gasteiger charge is 2.38. The van der Waals surface area contributed by atoms with E-state index in [1.165, 1.54) is 105 Å². The fourth-order valence-corrected chi connectivity index (χ4v) is 11.7. The monoisotopic (exact) mass is 870 g/mol. The maximum Gasteiger partial charge on any atom is 0.0541 e. The first-order chi connectivity index (χ1) is 33.2. The fourth-order valence-electron chi connectivity index (χ4n) is 11.7. The number of nitrogens with zero attached hydrogens (tertiary/aromatic N) is 2. The summed E-state index contributed by atoms with van der Waals surface area (Å²) in [5.41, 5.74) is 24.7. The normalized spacial score (nSPS) is 13.8. The molecule has 0 N–H and O–H groups in total. The summed E-state index contributed by atoms with van der Waals surface area (Å²) in [7, 11) is 0. The molecule has 13 rings (SSSR count). The molecule has 1 heterocycles. The molecule has 0 amide bonds. The van der Waals surface area contributed by atoms with Gasteiger partial charge in [-0.15, -0.1) is 0 Å². The summed E-state index contributed by atoms with van der Waals surface area (Å²) in [6, 6.07) is 85.6. The van der Waals surface area contributed by atoms with Crippen LogP contribution < -0.4 is 4.90 Å². The number of fused-ring (bicyclic) bond motifs is 9. The van der Waals surface area contributed by atoms with Crippen molar-refractivity contribution in [1.82, 2.24) is 4.57 Å². The molecule has 2 heteroatoms. The second-order valence-corrected chi connectivity index (χ2v) is 19.7. The van der Waals surface area contributed by atoms with E-state index in [0.29, 0.717) is 0 Å². The Kier molecular flexibility index (Phi) is 8.95. The molecule has 324 valence electrons. The summed E-state index contributed by atoms with van der Waals surface area (Å²) in [5, 5.41) is 2.50. The second-order valence-electron chi connectivity index (χ2n) is 19.7. The molecular formula is C66H50N2. The van der Waals surface area contributed by atoms with Gasteiger partial charge in [0.2, 0.25) is 0 Å². The lowest BCUT2D eigenvalue weighted by Gasteiger charge is -2.30. The Morgan fingerprint density at radius 3 is 1.56 bits per heavy atom. The summed E-state index contributed by atoms with van der Waals surface area (Å²) in [5.74, 6) is 0. The first-order valence-electron chi connectivity index (χ1n) is 23.9. The molecule has 10 aromatic carbocycles. The van der Waals surface area contributed by atoms with Gasteiger partial charge >= 0.3 is 0 Å². The van der Waals surface area contributed by atoms with Crippen molar-refractivity contribution in [2.75, 3.05) is 4.90 Å². The van der Waals surface area contributed by atoms with Gasteiger partial charge in [-0.25, -0.2) is 0 Å². The van der Waals surface area contributed by atoms with Crippen LogP contribution in [0.1, 0.15) is 49.9 Å². The van der Waals surface area contributed by atoms with Crippen molar-refractivity contribution in [2.45, 2.75) is 38.5 Å². The summed E-state index contributed by atoms with van der Waals surface area (Å²) in [6.45, 7) is 9.52. The van der Waals surface area contributed by atoms with Gasteiger partial charge in [0.1, 0.15) is 0 Å². The predicted octanol–water partition coefficient (Wildman–Crippen LogP) is 17.9. The Morgan fingerprint density at radius 1 is 0.309 bits per heavy atom. The Hall–Kier alpha value is -8.20. The second kappa shape index (κ2) is 15.2. The summed E-state index contributed by atoms with van der Waals surface area (Å²) in [4.78, 5) is 2.48. The summed E-state index contributed by atoms with van der Waals surface area (Å²) in [6.07, 6.45) is 0. The van der Waals surface area contributed by atoms with Crippen LogP contribution in [-0.2, 0) is 10.8 Å². The van der Waals surface area contributed by atoms with Gasteiger partial charge in [0.15, 0.2) is 0 Å². The maximum atomic E-state index is 2.48. The molecule has 2 aliphatic rings. The van der Waals surface area contributed by atoms with Gasteiger partial charge in [-0.2, -0.15) is 0 Å². The molecule has 11 aromatic rings. The third-order valence-electron chi connectivity index (χ3n) is 15.2. The molecule has 2 nitrogen and oxygen atoms in total. The van der Waals surface area contributed by atoms with Crippen LogP contribution in [0.5, 0.6) is 0 Å². The zero-order valence-corrected chi connectivity index (χ0v) is 38.8. The van der Waals surface area contributed by atoms with Gasteiger partial charge in [0.25, 0.3) is 0 Å². The van der Waals surface area contributed by atoms with Crippen molar-refractivity contribution in [1.29, 1.82) is 0 Å². The molecule has 0 saturated heterocycles. The third kappa shape index (κ3) is 6.10. The molecular weight excluding hydrogens is 821 g/mol. The van der Waals surface area contributed by atoms with Crippen molar-refractivity contribution < 1.29 is 0 Å². The SMILES string of the molecule is CC1(C)c2ccccc2-c2ccc(-c3ccccc3N(c3ccc(-c4ccc5c(c4)c4ccccc4n5-c4ccccc4)cc3)c3ccc4c(c3)C(C)(C)c3cc(-c5ccccc5)ccc3-4)cc21. The highest BCUT2D eigenvalue weighted by Crippen LogP contribution is 2.54. The Labute approximate surface area is 399 Å². The molecule has 0 aliphatic heterocycles. The zero-order valence-electron chi connectivity index (χ0n) is 38.8. The molecule has 68 heavy (non-hydrogen) atoms. The summed E-state index contributed by atoms with van der Waals surface area (Å²) < 4.78 is 2.38. The van der Waals surface area contributed by atoms with E-state index in [4.69, 9.17) is 0 Å². The van der Waals surface area contributed by atoms with E-state index in [-0.39, 0.29) is 10.8 Å². The largest absolute Gasteiger partial charge is 0.310 e. The first-order valence-corrected chi connectivity index (χ1v) is 23.9. The Bertz CT molecular complexity index is 3780. The smallest absolute Gasteiger partial charge is 0.0541 e. The Morgan fingerprint density at radius 2 is 0.794 bits per heavy atom. The van der Waals surface area contributed by atoms with Crippen molar-refractivity contribution in [3.05, 3.63) is 253 Å². The highest BCUT2D eigenvalue weighted by atomic mass is 15.1. The number of anilines is 3. The van der Waals surface area contributed by atoms with E-state index >= 15 is 0 Å². The minimum Gasteiger partial charge on any atom is -0.310 e. The number of aromatic nitrogens is 1. The molecule has 0 fully saturated rings. The number of rotatable bonds is 7. The van der Waals surface area contributed by atoms with E-state index < -0.39 is 0 Å². The van der Waals surface area contributed by atoms with Gasteiger partial charge in [-0.1, -0.05) is 185 Å². The number of hydrogen-bond acceptors (Lipinski definition) is 1. The highest BCUT2D eigenvalue weighted by molar-refractivity contribution is 6.10. The van der Waals surface area contributed by atoms with Crippen LogP contribution in [0.25, 0.3) is 83.1 Å². The van der Waals surface area contributed by atoms with Crippen molar-refractivity contribution in [3.8, 4) is 61.3 Å². The fraction of sp³-hybridized carbons (Fsp3) is 0.0909. The average molecular weight is 871 g/mol. The average Bonchev–Trinajstić information content (AvgIpc) is 3.93. The first kappa shape index (κ1) is 40.1. The van der Waals surface area contributed by atoms with Crippen molar-refractivity contribution in [3.63, 3.8) is 0 Å². The number of hydrogen-bond donors (Lipinski definition) is 0. The molecule has 1 aromatic heterocycles. The van der Waals surface area contributed by atoms with E-state index in [2.05, 4.69) is 268 Å². The maximum absolute atomic E-state index is 2.48. The van der Waals surface area contributed by atoms with Crippen LogP contribution in [0.4, 0.5) is 17.1 Å². The molecule has 0 atom stereocenters. The van der Waals surface area contributed by atoms with Crippen molar-refractivity contribution >= 4 is 38.9 Å². The summed E-state index contributed by atoms with van der Waals surface area (Å²) >= 11 is 0. The molecule has 0 radical (unpaired) electrons. The van der Waals surface area contributed by atoms with Gasteiger partial charge in [0, 0.05) is 44.2 Å². The zero-order chi connectivity index (χ0) is 45.7. The molecule has 0 bridgehead atoms. The van der Waals surface area contributed by atoms with Gasteiger partial charge in [0.05, 0.1) is 16.7 Å². The lowest BCUT2D eigenvalue weighted by molar-refractivity contribution is 0.660. The van der Waals surface area contributed by atoms with E-state index in [0.717, 1.165) is 17.1 Å². The lowest BCUT2D eigenvalue weighted by atomic mass is 9.81. The van der Waals surface area contributed by atoms with E-state index in [1.54, 1.807) is 0 Å². The van der Waals surface area contributed by atoms with Crippen LogP contribution in [0, 0.1) is 0 Å². The quantitative estimate of drug-likeness (QED) is 0.155. The van der Waals surface area contributed by atoms with Gasteiger partial charge < -0.3 is 9.47 Å². The molecule has 2 aliphatic carbocycles. The van der Waals surface area contributed by atoms with Crippen LogP contribution in [0.3, 0.4) is 0 Å². The van der Waals surface area contributed by atoms with Crippen LogP contribution in [0.15, 0.2) is 231 Å². The van der Waals surface area contributed by atoms with E-state index in [9.17, 15) is 0 Å². The predicted molar refractivity (Wildman–Crippen MR) is 287 cm³/mol. The number of para-hydroxylation sites is 3. The van der Waals surface area contributed by atoms with Crippen LogP contribution in [-0.4, -0.2) is 4.57 Å². The minimum atomic E-state index is -0.205. The number of benzene rings is 10. The van der Waals surface area contributed by atoms with E-state index in [1.807, 2.05) is 0 Å². The minimum absolute atomic E-state index is 0.104. The van der Waals surface area contributed by atoms with Crippen LogP contribution >= 0.6 is 0 Å². The molecule has 0 spiro atoms. The van der Waals surface area contributed by atoms with Crippen molar-refractivity contribution in [2.24, 2.45) is 0 Å². The molecule has 0 saturated carbocycles. The molecule has 0 unspecified atom stereocenters. The standard InChI is InChI=1S/C66H50N2/c1-65(2)58-24-14-11-22-52(58)53-36-30-47(41-60(53)65)51-21-12-15-25-62(51)67(50-34-37-55-54-35-29-46(43-17-7-5-8-18-43)40-59(54)66(3,4)61(55)42-50)49-32-27-44(28-33-49)45-31-38-64-57(39-45)56-23-13-16-26-63(56)68(64)48-19-9-6-10-20-48/h5-42H,1-4H3.